The molecule has 2 heteroatoms. The number of nitrogens with zero attached hydrogens (tertiary/aromatic N) is 1. The van der Waals surface area contributed by atoms with Crippen molar-refractivity contribution in [2.24, 2.45) is 0 Å². The van der Waals surface area contributed by atoms with E-state index in [1.54, 1.807) is 0 Å². The smallest absolute Gasteiger partial charge is 0.0960 e. The molecule has 0 amide bonds. The quantitative estimate of drug-likeness (QED) is 0.735. The van der Waals surface area contributed by atoms with Crippen molar-refractivity contribution in [1.82, 2.24) is 4.98 Å². The van der Waals surface area contributed by atoms with Crippen molar-refractivity contribution in [1.29, 1.82) is 0 Å². The van der Waals surface area contributed by atoms with Crippen LogP contribution in [0.2, 0.25) is 0 Å². The van der Waals surface area contributed by atoms with Gasteiger partial charge in [0, 0.05) is 5.92 Å². The highest BCUT2D eigenvalue weighted by Crippen LogP contribution is 2.40. The molecule has 0 bridgehead atoms. The minimum Gasteiger partial charge on any atom is -0.245 e. The van der Waals surface area contributed by atoms with E-state index in [1.807, 2.05) is 11.3 Å². The molecule has 1 aromatic heterocycles. The molecule has 3 rings (SSSR count). The van der Waals surface area contributed by atoms with Crippen molar-refractivity contribution in [3.63, 3.8) is 0 Å². The van der Waals surface area contributed by atoms with E-state index >= 15 is 0 Å². The molecule has 0 saturated carbocycles. The third kappa shape index (κ3) is 2.23. The van der Waals surface area contributed by atoms with Gasteiger partial charge < -0.3 is 0 Å². The summed E-state index contributed by atoms with van der Waals surface area (Å²) in [7, 11) is 0. The number of thiazole rings is 1. The van der Waals surface area contributed by atoms with Crippen molar-refractivity contribution in [3.8, 4) is 10.4 Å². The maximum absolute atomic E-state index is 4.84. The van der Waals surface area contributed by atoms with E-state index in [0.717, 1.165) is 12.8 Å². The lowest BCUT2D eigenvalue weighted by molar-refractivity contribution is 0.824. The summed E-state index contributed by atoms with van der Waals surface area (Å²) in [6.45, 7) is 8.99. The zero-order chi connectivity index (χ0) is 13.6. The van der Waals surface area contributed by atoms with Crippen LogP contribution in [-0.2, 0) is 12.8 Å². The molecule has 0 fully saturated rings. The molecule has 1 aromatic carbocycles. The number of rotatable bonds is 2. The second-order valence-electron chi connectivity index (χ2n) is 6.05. The average molecular weight is 271 g/mol. The maximum atomic E-state index is 4.84. The highest BCUT2D eigenvalue weighted by molar-refractivity contribution is 7.15. The van der Waals surface area contributed by atoms with Crippen LogP contribution in [0, 0.1) is 0 Å². The fourth-order valence-corrected chi connectivity index (χ4v) is 3.80. The van der Waals surface area contributed by atoms with Crippen LogP contribution >= 0.6 is 11.3 Å². The van der Waals surface area contributed by atoms with E-state index in [-0.39, 0.29) is 0 Å². The van der Waals surface area contributed by atoms with Crippen molar-refractivity contribution in [3.05, 3.63) is 40.0 Å². The fraction of sp³-hybridized carbons (Fsp3) is 0.471. The van der Waals surface area contributed by atoms with Crippen LogP contribution in [-0.4, -0.2) is 4.98 Å². The third-order valence-corrected chi connectivity index (χ3v) is 5.32. The molecular formula is C17H21NS. The summed E-state index contributed by atoms with van der Waals surface area (Å²) in [4.78, 5) is 6.27. The van der Waals surface area contributed by atoms with Gasteiger partial charge in [-0.15, -0.1) is 11.3 Å². The van der Waals surface area contributed by atoms with Gasteiger partial charge in [0.05, 0.1) is 15.6 Å². The Kier molecular flexibility index (Phi) is 3.22. The number of hydrogen-bond donors (Lipinski definition) is 0. The van der Waals surface area contributed by atoms with Crippen LogP contribution in [0.4, 0.5) is 0 Å². The van der Waals surface area contributed by atoms with E-state index in [0.29, 0.717) is 11.8 Å². The summed E-state index contributed by atoms with van der Waals surface area (Å²) in [5.41, 5.74) is 5.70. The van der Waals surface area contributed by atoms with E-state index < -0.39 is 0 Å². The lowest BCUT2D eigenvalue weighted by atomic mass is 9.90. The Balaban J connectivity index is 2.13. The topological polar surface area (TPSA) is 12.9 Å². The molecule has 2 aromatic rings. The van der Waals surface area contributed by atoms with Crippen LogP contribution in [0.1, 0.15) is 61.4 Å². The van der Waals surface area contributed by atoms with Crippen molar-refractivity contribution >= 4 is 11.3 Å². The summed E-state index contributed by atoms with van der Waals surface area (Å²) in [6, 6.07) is 7.00. The van der Waals surface area contributed by atoms with Gasteiger partial charge in [-0.05, 0) is 41.5 Å². The lowest BCUT2D eigenvalue weighted by Gasteiger charge is -2.17. The van der Waals surface area contributed by atoms with Crippen LogP contribution < -0.4 is 0 Å². The molecule has 1 aliphatic rings. The predicted octanol–water partition coefficient (Wildman–Crippen LogP) is 5.16. The Bertz CT molecular complexity index is 608. The summed E-state index contributed by atoms with van der Waals surface area (Å²) < 4.78 is 0. The van der Waals surface area contributed by atoms with E-state index in [1.165, 1.54) is 32.3 Å². The first-order valence-corrected chi connectivity index (χ1v) is 8.00. The lowest BCUT2D eigenvalue weighted by Crippen LogP contribution is -2.03. The number of fused-ring (bicyclic) bond motifs is 3. The molecule has 0 atom stereocenters. The molecule has 1 aliphatic carbocycles. The SMILES string of the molecule is CC(C)c1ccc2c(c1)-c1sc(C(C)C)nc1CC2. The number of benzene rings is 1. The van der Waals surface area contributed by atoms with Crippen molar-refractivity contribution in [2.75, 3.05) is 0 Å². The van der Waals surface area contributed by atoms with Gasteiger partial charge in [0.1, 0.15) is 0 Å². The first-order valence-electron chi connectivity index (χ1n) is 7.19. The number of aromatic nitrogens is 1. The van der Waals surface area contributed by atoms with Gasteiger partial charge in [-0.3, -0.25) is 0 Å². The molecule has 0 N–H and O–H groups in total. The van der Waals surface area contributed by atoms with Gasteiger partial charge in [-0.25, -0.2) is 4.98 Å². The molecule has 0 unspecified atom stereocenters. The minimum atomic E-state index is 0.535. The van der Waals surface area contributed by atoms with Crippen molar-refractivity contribution < 1.29 is 0 Å². The van der Waals surface area contributed by atoms with Gasteiger partial charge >= 0.3 is 0 Å². The molecule has 0 radical (unpaired) electrons. The zero-order valence-electron chi connectivity index (χ0n) is 12.2. The summed E-state index contributed by atoms with van der Waals surface area (Å²) in [5, 5.41) is 1.28. The molecule has 100 valence electrons. The Hall–Kier alpha value is -1.15. The normalized spacial score (nSPS) is 13.8. The standard InChI is InChI=1S/C17H21NS/c1-10(2)13-6-5-12-7-8-15-16(14(12)9-13)19-17(18-15)11(3)4/h5-6,9-11H,7-8H2,1-4H3. The van der Waals surface area contributed by atoms with Gasteiger partial charge in [-0.2, -0.15) is 0 Å². The van der Waals surface area contributed by atoms with Gasteiger partial charge in [0.2, 0.25) is 0 Å². The van der Waals surface area contributed by atoms with Gasteiger partial charge in [-0.1, -0.05) is 39.8 Å². The molecule has 1 nitrogen and oxygen atoms in total. The monoisotopic (exact) mass is 271 g/mol. The maximum Gasteiger partial charge on any atom is 0.0960 e. The summed E-state index contributed by atoms with van der Waals surface area (Å²) >= 11 is 1.90. The second-order valence-corrected chi connectivity index (χ2v) is 7.08. The average Bonchev–Trinajstić information content (AvgIpc) is 2.82. The van der Waals surface area contributed by atoms with Crippen LogP contribution in [0.25, 0.3) is 10.4 Å². The predicted molar refractivity (Wildman–Crippen MR) is 83.1 cm³/mol. The molecule has 19 heavy (non-hydrogen) atoms. The molecule has 0 spiro atoms. The molecule has 0 saturated heterocycles. The summed E-state index contributed by atoms with van der Waals surface area (Å²) in [5.74, 6) is 1.13. The first-order chi connectivity index (χ1) is 9.06. The molecule has 0 aliphatic heterocycles. The zero-order valence-corrected chi connectivity index (χ0v) is 13.0. The Labute approximate surface area is 119 Å². The van der Waals surface area contributed by atoms with Crippen LogP contribution in [0.5, 0.6) is 0 Å². The number of hydrogen-bond acceptors (Lipinski definition) is 2. The van der Waals surface area contributed by atoms with Crippen LogP contribution in [0.3, 0.4) is 0 Å². The number of aryl methyl sites for hydroxylation is 2. The highest BCUT2D eigenvalue weighted by atomic mass is 32.1. The minimum absolute atomic E-state index is 0.535. The van der Waals surface area contributed by atoms with E-state index in [4.69, 9.17) is 4.98 Å². The Morgan fingerprint density at radius 1 is 1.05 bits per heavy atom. The third-order valence-electron chi connectivity index (χ3n) is 3.88. The van der Waals surface area contributed by atoms with Crippen LogP contribution in [0.15, 0.2) is 18.2 Å². The second kappa shape index (κ2) is 4.75. The molecular weight excluding hydrogens is 250 g/mol. The van der Waals surface area contributed by atoms with Gasteiger partial charge in [0.25, 0.3) is 0 Å². The van der Waals surface area contributed by atoms with Crippen molar-refractivity contribution in [2.45, 2.75) is 52.4 Å². The summed E-state index contributed by atoms with van der Waals surface area (Å²) in [6.07, 6.45) is 2.24. The Morgan fingerprint density at radius 2 is 1.84 bits per heavy atom. The Morgan fingerprint density at radius 3 is 2.53 bits per heavy atom. The fourth-order valence-electron chi connectivity index (χ4n) is 2.63. The first kappa shape index (κ1) is 12.9. The van der Waals surface area contributed by atoms with E-state index in [9.17, 15) is 0 Å². The molecule has 1 heterocycles. The van der Waals surface area contributed by atoms with Gasteiger partial charge in [0.15, 0.2) is 0 Å². The van der Waals surface area contributed by atoms with E-state index in [2.05, 4.69) is 45.9 Å². The largest absolute Gasteiger partial charge is 0.245 e. The highest BCUT2D eigenvalue weighted by Gasteiger charge is 2.22.